The molecule has 0 saturated carbocycles. The summed E-state index contributed by atoms with van der Waals surface area (Å²) in [5.74, 6) is 0. The zero-order chi connectivity index (χ0) is 14.0. The topological polar surface area (TPSA) is 63.4 Å². The van der Waals surface area contributed by atoms with E-state index >= 15 is 0 Å². The summed E-state index contributed by atoms with van der Waals surface area (Å²) in [4.78, 5) is -0.0151. The minimum Gasteiger partial charge on any atom is -0.329 e. The van der Waals surface area contributed by atoms with Gasteiger partial charge in [0, 0.05) is 19.1 Å². The molecule has 1 fully saturated rings. The zero-order valence-electron chi connectivity index (χ0n) is 10.8. The fourth-order valence-electron chi connectivity index (χ4n) is 2.37. The molecule has 114 valence electrons. The number of sulfonamides is 1. The van der Waals surface area contributed by atoms with Crippen molar-refractivity contribution in [1.82, 2.24) is 4.31 Å². The Hall–Kier alpha value is -0.0400. The minimum atomic E-state index is -3.70. The van der Waals surface area contributed by atoms with Crippen LogP contribution in [-0.2, 0) is 10.0 Å². The summed E-state index contributed by atoms with van der Waals surface area (Å²) in [5, 5.41) is 0.294. The Bertz CT molecular complexity index is 546. The molecule has 0 radical (unpaired) electrons. The molecule has 0 aromatic heterocycles. The Morgan fingerprint density at radius 1 is 1.25 bits per heavy atom. The molecule has 8 heteroatoms. The zero-order valence-corrected chi connectivity index (χ0v) is 13.9. The second-order valence-electron chi connectivity index (χ2n) is 4.55. The lowest BCUT2D eigenvalue weighted by atomic mass is 10.1. The summed E-state index contributed by atoms with van der Waals surface area (Å²) in [5.41, 5.74) is 5.67. The van der Waals surface area contributed by atoms with Crippen LogP contribution >= 0.6 is 35.6 Å². The van der Waals surface area contributed by atoms with Crippen LogP contribution in [-0.4, -0.2) is 31.9 Å². The highest BCUT2D eigenvalue weighted by atomic mass is 35.5. The minimum absolute atomic E-state index is 0. The third-order valence-corrected chi connectivity index (χ3v) is 6.24. The average Bonchev–Trinajstić information content (AvgIpc) is 2.38. The number of nitrogens with zero attached hydrogens (tertiary/aromatic N) is 1. The molecule has 1 heterocycles. The molecule has 2 N–H and O–H groups in total. The highest BCUT2D eigenvalue weighted by Gasteiger charge is 2.35. The van der Waals surface area contributed by atoms with E-state index in [1.807, 2.05) is 0 Å². The average molecular weight is 360 g/mol. The molecule has 4 nitrogen and oxygen atoms in total. The highest BCUT2D eigenvalue weighted by molar-refractivity contribution is 7.89. The lowest BCUT2D eigenvalue weighted by Gasteiger charge is -2.34. The van der Waals surface area contributed by atoms with Crippen LogP contribution in [0.4, 0.5) is 0 Å². The number of hydrogen-bond acceptors (Lipinski definition) is 3. The molecule has 0 bridgehead atoms. The van der Waals surface area contributed by atoms with Crippen LogP contribution in [0.2, 0.25) is 10.0 Å². The van der Waals surface area contributed by atoms with Crippen LogP contribution in [0.15, 0.2) is 23.1 Å². The van der Waals surface area contributed by atoms with Gasteiger partial charge in [-0.05, 0) is 25.0 Å². The first kappa shape index (κ1) is 18.0. The van der Waals surface area contributed by atoms with Gasteiger partial charge in [0.05, 0.1) is 10.0 Å². The molecule has 0 spiro atoms. The van der Waals surface area contributed by atoms with Crippen molar-refractivity contribution in [3.05, 3.63) is 28.2 Å². The highest BCUT2D eigenvalue weighted by Crippen LogP contribution is 2.34. The van der Waals surface area contributed by atoms with Gasteiger partial charge in [0.25, 0.3) is 0 Å². The van der Waals surface area contributed by atoms with Crippen LogP contribution in [0.25, 0.3) is 0 Å². The Labute approximate surface area is 135 Å². The van der Waals surface area contributed by atoms with Crippen LogP contribution in [0.5, 0.6) is 0 Å². The third kappa shape index (κ3) is 3.40. The van der Waals surface area contributed by atoms with Gasteiger partial charge in [-0.1, -0.05) is 35.7 Å². The standard InChI is InChI=1S/C12H16Cl2N2O2S.ClH/c13-10-5-3-6-11(14)12(10)19(17,18)16-7-2-1-4-9(16)8-15;/h3,5-6,9H,1-2,4,7-8,15H2;1H. The van der Waals surface area contributed by atoms with Gasteiger partial charge in [0.2, 0.25) is 10.0 Å². The van der Waals surface area contributed by atoms with E-state index in [9.17, 15) is 8.42 Å². The predicted octanol–water partition coefficient (Wildman–Crippen LogP) is 2.92. The van der Waals surface area contributed by atoms with E-state index in [1.165, 1.54) is 16.4 Å². The largest absolute Gasteiger partial charge is 0.329 e. The van der Waals surface area contributed by atoms with Gasteiger partial charge in [0.15, 0.2) is 0 Å². The first-order valence-electron chi connectivity index (χ1n) is 6.14. The molecule has 1 aliphatic heterocycles. The van der Waals surface area contributed by atoms with Crippen molar-refractivity contribution in [2.45, 2.75) is 30.2 Å². The van der Waals surface area contributed by atoms with Crippen molar-refractivity contribution >= 4 is 45.6 Å². The van der Waals surface area contributed by atoms with Gasteiger partial charge >= 0.3 is 0 Å². The Morgan fingerprint density at radius 2 is 1.85 bits per heavy atom. The van der Waals surface area contributed by atoms with Gasteiger partial charge in [-0.3, -0.25) is 0 Å². The maximum Gasteiger partial charge on any atom is 0.246 e. The van der Waals surface area contributed by atoms with Crippen molar-refractivity contribution in [2.75, 3.05) is 13.1 Å². The molecule has 2 rings (SSSR count). The molecule has 1 atom stereocenters. The van der Waals surface area contributed by atoms with Gasteiger partial charge < -0.3 is 5.73 Å². The smallest absolute Gasteiger partial charge is 0.246 e. The Balaban J connectivity index is 0.00000200. The quantitative estimate of drug-likeness (QED) is 0.902. The molecule has 0 aliphatic carbocycles. The molecular weight excluding hydrogens is 343 g/mol. The van der Waals surface area contributed by atoms with E-state index in [4.69, 9.17) is 28.9 Å². The maximum absolute atomic E-state index is 12.7. The summed E-state index contributed by atoms with van der Waals surface area (Å²) < 4.78 is 26.8. The number of hydrogen-bond donors (Lipinski definition) is 1. The van der Waals surface area contributed by atoms with Crippen LogP contribution < -0.4 is 5.73 Å². The van der Waals surface area contributed by atoms with Crippen molar-refractivity contribution in [1.29, 1.82) is 0 Å². The molecular formula is C12H17Cl3N2O2S. The number of rotatable bonds is 3. The molecule has 0 amide bonds. The first-order chi connectivity index (χ1) is 8.98. The fourth-order valence-corrected chi connectivity index (χ4v) is 5.17. The Morgan fingerprint density at radius 3 is 2.40 bits per heavy atom. The normalized spacial score (nSPS) is 20.4. The first-order valence-corrected chi connectivity index (χ1v) is 8.34. The molecule has 1 aliphatic rings. The van der Waals surface area contributed by atoms with Crippen LogP contribution in [0.3, 0.4) is 0 Å². The summed E-state index contributed by atoms with van der Waals surface area (Å²) in [7, 11) is -3.70. The van der Waals surface area contributed by atoms with Gasteiger partial charge in [-0.25, -0.2) is 8.42 Å². The van der Waals surface area contributed by atoms with E-state index in [-0.39, 0.29) is 33.4 Å². The molecule has 20 heavy (non-hydrogen) atoms. The van der Waals surface area contributed by atoms with Crippen molar-refractivity contribution in [3.8, 4) is 0 Å². The maximum atomic E-state index is 12.7. The summed E-state index contributed by atoms with van der Waals surface area (Å²) >= 11 is 12.0. The second kappa shape index (κ2) is 7.29. The monoisotopic (exact) mass is 358 g/mol. The van der Waals surface area contributed by atoms with Crippen molar-refractivity contribution < 1.29 is 8.42 Å². The SMILES string of the molecule is Cl.NCC1CCCCN1S(=O)(=O)c1c(Cl)cccc1Cl. The molecule has 1 unspecified atom stereocenters. The van der Waals surface area contributed by atoms with E-state index in [0.717, 1.165) is 19.3 Å². The number of halogens is 3. The summed E-state index contributed by atoms with van der Waals surface area (Å²) in [6.45, 7) is 0.771. The van der Waals surface area contributed by atoms with Gasteiger partial charge in [0.1, 0.15) is 4.90 Å². The summed E-state index contributed by atoms with van der Waals surface area (Å²) in [6, 6.07) is 4.51. The lowest BCUT2D eigenvalue weighted by molar-refractivity contribution is 0.257. The van der Waals surface area contributed by atoms with Crippen molar-refractivity contribution in [2.24, 2.45) is 5.73 Å². The Kier molecular flexibility index (Phi) is 6.57. The molecule has 1 aromatic carbocycles. The van der Waals surface area contributed by atoms with Crippen LogP contribution in [0.1, 0.15) is 19.3 Å². The van der Waals surface area contributed by atoms with E-state index in [1.54, 1.807) is 6.07 Å². The van der Waals surface area contributed by atoms with E-state index in [2.05, 4.69) is 0 Å². The van der Waals surface area contributed by atoms with Gasteiger partial charge in [-0.2, -0.15) is 4.31 Å². The number of benzene rings is 1. The van der Waals surface area contributed by atoms with Crippen LogP contribution in [0, 0.1) is 0 Å². The van der Waals surface area contributed by atoms with Crippen molar-refractivity contribution in [3.63, 3.8) is 0 Å². The third-order valence-electron chi connectivity index (χ3n) is 3.33. The summed E-state index contributed by atoms with van der Waals surface area (Å²) in [6.07, 6.45) is 2.60. The predicted molar refractivity (Wildman–Crippen MR) is 84.3 cm³/mol. The molecule has 1 aromatic rings. The van der Waals surface area contributed by atoms with Gasteiger partial charge in [-0.15, -0.1) is 12.4 Å². The van der Waals surface area contributed by atoms with E-state index in [0.29, 0.717) is 13.1 Å². The fraction of sp³-hybridized carbons (Fsp3) is 0.500. The second-order valence-corrected chi connectivity index (χ2v) is 7.19. The molecule has 1 saturated heterocycles. The number of nitrogens with two attached hydrogens (primary N) is 1. The number of piperidine rings is 1. The van der Waals surface area contributed by atoms with E-state index < -0.39 is 10.0 Å². The lowest BCUT2D eigenvalue weighted by Crippen LogP contribution is -2.47.